The Bertz CT molecular complexity index is 396. The van der Waals surface area contributed by atoms with Gasteiger partial charge in [-0.15, -0.1) is 0 Å². The van der Waals surface area contributed by atoms with Crippen LogP contribution in [0.2, 0.25) is 0 Å². The topological polar surface area (TPSA) is 86.6 Å². The van der Waals surface area contributed by atoms with Crippen LogP contribution in [0.4, 0.5) is 0 Å². The van der Waals surface area contributed by atoms with E-state index in [0.29, 0.717) is 6.54 Å². The lowest BCUT2D eigenvalue weighted by Gasteiger charge is -2.07. The van der Waals surface area contributed by atoms with Crippen molar-refractivity contribution in [2.75, 3.05) is 18.1 Å². The molecule has 0 fully saturated rings. The van der Waals surface area contributed by atoms with E-state index in [2.05, 4.69) is 5.32 Å². The number of aliphatic hydroxyl groups is 2. The molecule has 0 aliphatic heterocycles. The number of nitrogens with one attached hydrogen (secondary N) is 1. The van der Waals surface area contributed by atoms with Gasteiger partial charge in [0.15, 0.2) is 0 Å². The van der Waals surface area contributed by atoms with Crippen molar-refractivity contribution in [1.29, 1.82) is 0 Å². The fraction of sp³-hybridized carbons (Fsp3) is 0.417. The van der Waals surface area contributed by atoms with Crippen LogP contribution >= 0.6 is 0 Å². The number of amides is 1. The molecule has 1 amide bonds. The summed E-state index contributed by atoms with van der Waals surface area (Å²) in [5.41, 5.74) is 0.965. The highest BCUT2D eigenvalue weighted by atomic mass is 32.2. The predicted octanol–water partition coefficient (Wildman–Crippen LogP) is -0.595. The van der Waals surface area contributed by atoms with Gasteiger partial charge in [0.25, 0.3) is 0 Å². The summed E-state index contributed by atoms with van der Waals surface area (Å²) in [4.78, 5) is 11.4. The molecule has 0 spiro atoms. The van der Waals surface area contributed by atoms with Crippen molar-refractivity contribution >= 4 is 16.7 Å². The number of hydrogen-bond acceptors (Lipinski definition) is 4. The minimum atomic E-state index is -1.46. The molecule has 2 unspecified atom stereocenters. The van der Waals surface area contributed by atoms with Crippen LogP contribution in [0.5, 0.6) is 0 Å². The average molecular weight is 271 g/mol. The number of hydrogen-bond donors (Lipinski definition) is 3. The lowest BCUT2D eigenvalue weighted by Crippen LogP contribution is -2.31. The average Bonchev–Trinajstić information content (AvgIpc) is 2.37. The van der Waals surface area contributed by atoms with E-state index in [4.69, 9.17) is 10.2 Å². The van der Waals surface area contributed by atoms with Gasteiger partial charge in [-0.3, -0.25) is 9.00 Å². The molecule has 1 aromatic carbocycles. The Balaban J connectivity index is 2.27. The van der Waals surface area contributed by atoms with Crippen molar-refractivity contribution in [3.8, 4) is 0 Å². The molecular weight excluding hydrogens is 254 g/mol. The fourth-order valence-corrected chi connectivity index (χ4v) is 2.37. The number of carbonyl (C=O) groups is 1. The van der Waals surface area contributed by atoms with E-state index in [9.17, 15) is 9.00 Å². The SMILES string of the molecule is O=C(CS(=O)CC(O)CO)NCc1ccccc1. The standard InChI is InChI=1S/C12H17NO4S/c14-7-11(15)8-18(17)9-12(16)13-6-10-4-2-1-3-5-10/h1-5,11,14-15H,6-9H2,(H,13,16). The van der Waals surface area contributed by atoms with Crippen LogP contribution in [0.3, 0.4) is 0 Å². The maximum Gasteiger partial charge on any atom is 0.232 e. The van der Waals surface area contributed by atoms with Crippen LogP contribution in [0, 0.1) is 0 Å². The quantitative estimate of drug-likeness (QED) is 0.618. The monoisotopic (exact) mass is 271 g/mol. The molecule has 0 heterocycles. The minimum absolute atomic E-state index is 0.0880. The first-order chi connectivity index (χ1) is 8.61. The molecular formula is C12H17NO4S. The van der Waals surface area contributed by atoms with Crippen LogP contribution < -0.4 is 5.32 Å². The molecule has 6 heteroatoms. The van der Waals surface area contributed by atoms with Crippen LogP contribution in [-0.2, 0) is 22.1 Å². The van der Waals surface area contributed by atoms with Crippen molar-refractivity contribution in [3.05, 3.63) is 35.9 Å². The second-order valence-electron chi connectivity index (χ2n) is 3.85. The van der Waals surface area contributed by atoms with E-state index in [1.807, 2.05) is 30.3 Å². The normalized spacial score (nSPS) is 13.9. The largest absolute Gasteiger partial charge is 0.394 e. The summed E-state index contributed by atoms with van der Waals surface area (Å²) in [6, 6.07) is 9.39. The maximum absolute atomic E-state index is 11.4. The van der Waals surface area contributed by atoms with Gasteiger partial charge >= 0.3 is 0 Å². The van der Waals surface area contributed by atoms with Crippen molar-refractivity contribution < 1.29 is 19.2 Å². The summed E-state index contributed by atoms with van der Waals surface area (Å²) in [7, 11) is -1.46. The predicted molar refractivity (Wildman–Crippen MR) is 69.3 cm³/mol. The zero-order valence-corrected chi connectivity index (χ0v) is 10.7. The molecule has 0 saturated carbocycles. The van der Waals surface area contributed by atoms with Gasteiger partial charge in [0, 0.05) is 17.3 Å². The Kier molecular flexibility index (Phi) is 6.56. The second-order valence-corrected chi connectivity index (χ2v) is 5.35. The highest BCUT2D eigenvalue weighted by Crippen LogP contribution is 1.97. The van der Waals surface area contributed by atoms with Gasteiger partial charge < -0.3 is 15.5 Å². The van der Waals surface area contributed by atoms with Crippen LogP contribution in [0.15, 0.2) is 30.3 Å². The summed E-state index contributed by atoms with van der Waals surface area (Å²) in [5.74, 6) is -0.582. The van der Waals surface area contributed by atoms with E-state index in [1.54, 1.807) is 0 Å². The first-order valence-electron chi connectivity index (χ1n) is 5.56. The van der Waals surface area contributed by atoms with Crippen molar-refractivity contribution in [3.63, 3.8) is 0 Å². The third-order valence-electron chi connectivity index (χ3n) is 2.21. The Hall–Kier alpha value is -1.24. The van der Waals surface area contributed by atoms with E-state index in [0.717, 1.165) is 5.56 Å². The summed E-state index contributed by atoms with van der Waals surface area (Å²) >= 11 is 0. The molecule has 18 heavy (non-hydrogen) atoms. The summed E-state index contributed by atoms with van der Waals surface area (Å²) < 4.78 is 11.4. The molecule has 1 rings (SSSR count). The Morgan fingerprint density at radius 3 is 2.61 bits per heavy atom. The lowest BCUT2D eigenvalue weighted by atomic mass is 10.2. The van der Waals surface area contributed by atoms with E-state index in [-0.39, 0.29) is 17.4 Å². The summed E-state index contributed by atoms with van der Waals surface area (Å²) in [6.07, 6.45) is -1.03. The number of aliphatic hydroxyl groups excluding tert-OH is 2. The number of carbonyl (C=O) groups excluding carboxylic acids is 1. The van der Waals surface area contributed by atoms with Crippen molar-refractivity contribution in [2.45, 2.75) is 12.6 Å². The Labute approximate surface area is 108 Å². The van der Waals surface area contributed by atoms with E-state index >= 15 is 0 Å². The molecule has 0 aliphatic rings. The van der Waals surface area contributed by atoms with Crippen LogP contribution in [0.25, 0.3) is 0 Å². The zero-order valence-electron chi connectivity index (χ0n) is 9.91. The minimum Gasteiger partial charge on any atom is -0.394 e. The van der Waals surface area contributed by atoms with E-state index in [1.165, 1.54) is 0 Å². The molecule has 0 bridgehead atoms. The van der Waals surface area contributed by atoms with Gasteiger partial charge in [0.2, 0.25) is 5.91 Å². The molecule has 5 nitrogen and oxygen atoms in total. The molecule has 0 aliphatic carbocycles. The van der Waals surface area contributed by atoms with Crippen molar-refractivity contribution in [1.82, 2.24) is 5.32 Å². The molecule has 1 aromatic rings. The molecule has 2 atom stereocenters. The zero-order chi connectivity index (χ0) is 13.4. The highest BCUT2D eigenvalue weighted by molar-refractivity contribution is 7.85. The van der Waals surface area contributed by atoms with Gasteiger partial charge in [0.1, 0.15) is 5.75 Å². The number of rotatable bonds is 7. The second kappa shape index (κ2) is 7.97. The van der Waals surface area contributed by atoms with Gasteiger partial charge in [-0.1, -0.05) is 30.3 Å². The van der Waals surface area contributed by atoms with Crippen LogP contribution in [-0.4, -0.2) is 44.5 Å². The third kappa shape index (κ3) is 5.90. The first kappa shape index (κ1) is 14.8. The first-order valence-corrected chi connectivity index (χ1v) is 7.05. The summed E-state index contributed by atoms with van der Waals surface area (Å²) in [6.45, 7) is -0.0587. The fourth-order valence-electron chi connectivity index (χ4n) is 1.32. The lowest BCUT2D eigenvalue weighted by molar-refractivity contribution is -0.118. The van der Waals surface area contributed by atoms with Gasteiger partial charge in [0.05, 0.1) is 18.5 Å². The van der Waals surface area contributed by atoms with Crippen molar-refractivity contribution in [2.24, 2.45) is 0 Å². The molecule has 0 aromatic heterocycles. The highest BCUT2D eigenvalue weighted by Gasteiger charge is 2.12. The van der Waals surface area contributed by atoms with Gasteiger partial charge in [-0.05, 0) is 5.56 Å². The van der Waals surface area contributed by atoms with Gasteiger partial charge in [-0.25, -0.2) is 0 Å². The maximum atomic E-state index is 11.4. The molecule has 100 valence electrons. The molecule has 3 N–H and O–H groups in total. The molecule has 0 radical (unpaired) electrons. The van der Waals surface area contributed by atoms with Crippen LogP contribution in [0.1, 0.15) is 5.56 Å². The molecule has 0 saturated heterocycles. The van der Waals surface area contributed by atoms with E-state index < -0.39 is 23.5 Å². The summed E-state index contributed by atoms with van der Waals surface area (Å²) in [5, 5.41) is 20.3. The Morgan fingerprint density at radius 2 is 2.00 bits per heavy atom. The smallest absolute Gasteiger partial charge is 0.232 e. The number of benzene rings is 1. The third-order valence-corrected chi connectivity index (χ3v) is 3.55. The Morgan fingerprint density at radius 1 is 1.33 bits per heavy atom. The van der Waals surface area contributed by atoms with Gasteiger partial charge in [-0.2, -0.15) is 0 Å².